The molecule has 0 fully saturated rings. The van der Waals surface area contributed by atoms with Gasteiger partial charge in [-0.2, -0.15) is 5.10 Å². The van der Waals surface area contributed by atoms with E-state index < -0.39 is 0 Å². The summed E-state index contributed by atoms with van der Waals surface area (Å²) in [4.78, 5) is 20.8. The van der Waals surface area contributed by atoms with E-state index in [1.54, 1.807) is 23.0 Å². The number of fused-ring (bicyclic) bond motifs is 1. The predicted octanol–water partition coefficient (Wildman–Crippen LogP) is 3.67. The van der Waals surface area contributed by atoms with Crippen molar-refractivity contribution in [3.05, 3.63) is 78.0 Å². The van der Waals surface area contributed by atoms with Gasteiger partial charge in [0, 0.05) is 6.54 Å². The van der Waals surface area contributed by atoms with Crippen LogP contribution in [-0.2, 0) is 11.3 Å². The Kier molecular flexibility index (Phi) is 5.53. The lowest BCUT2D eigenvalue weighted by atomic mass is 10.1. The molecule has 146 valence electrons. The van der Waals surface area contributed by atoms with Crippen LogP contribution in [0.15, 0.2) is 66.1 Å². The smallest absolute Gasteiger partial charge is 0.230 e. The van der Waals surface area contributed by atoms with E-state index in [0.717, 1.165) is 10.9 Å². The molecule has 6 nitrogen and oxygen atoms in total. The van der Waals surface area contributed by atoms with E-state index in [-0.39, 0.29) is 17.5 Å². The van der Waals surface area contributed by atoms with Gasteiger partial charge in [-0.05, 0) is 36.8 Å². The minimum absolute atomic E-state index is 0.0757. The number of carbonyl (C=O) groups excluding carboxylic acids is 1. The van der Waals surface area contributed by atoms with Gasteiger partial charge in [-0.1, -0.05) is 41.6 Å². The number of hydrogen-bond donors (Lipinski definition) is 1. The number of aromatic nitrogens is 4. The molecule has 29 heavy (non-hydrogen) atoms. The van der Waals surface area contributed by atoms with E-state index in [4.69, 9.17) is 0 Å². The number of hydrogen-bond acceptors (Lipinski definition) is 5. The Morgan fingerprint density at radius 1 is 1.10 bits per heavy atom. The third-order valence-electron chi connectivity index (χ3n) is 4.35. The molecule has 0 radical (unpaired) electrons. The van der Waals surface area contributed by atoms with Gasteiger partial charge in [0.1, 0.15) is 17.2 Å². The second-order valence-electron chi connectivity index (χ2n) is 6.50. The third-order valence-corrected chi connectivity index (χ3v) is 5.36. The summed E-state index contributed by atoms with van der Waals surface area (Å²) in [6.45, 7) is 2.51. The quantitative estimate of drug-likeness (QED) is 0.390. The highest BCUT2D eigenvalue weighted by molar-refractivity contribution is 8.00. The lowest BCUT2D eigenvalue weighted by molar-refractivity contribution is -0.118. The highest BCUT2D eigenvalue weighted by atomic mass is 32.2. The Morgan fingerprint density at radius 3 is 2.62 bits per heavy atom. The Morgan fingerprint density at radius 2 is 1.86 bits per heavy atom. The molecule has 2 aromatic heterocycles. The number of nitrogens with one attached hydrogen (secondary N) is 1. The first kappa shape index (κ1) is 19.1. The zero-order chi connectivity index (χ0) is 20.2. The molecule has 0 bridgehead atoms. The maximum Gasteiger partial charge on any atom is 0.230 e. The van der Waals surface area contributed by atoms with Crippen LogP contribution in [0.3, 0.4) is 0 Å². The van der Waals surface area contributed by atoms with E-state index in [2.05, 4.69) is 20.4 Å². The summed E-state index contributed by atoms with van der Waals surface area (Å²) < 4.78 is 14.8. The number of halogens is 1. The van der Waals surface area contributed by atoms with Crippen molar-refractivity contribution in [1.29, 1.82) is 0 Å². The molecule has 1 N–H and O–H groups in total. The van der Waals surface area contributed by atoms with Crippen molar-refractivity contribution in [3.63, 3.8) is 0 Å². The molecule has 0 atom stereocenters. The number of benzene rings is 2. The van der Waals surface area contributed by atoms with Gasteiger partial charge < -0.3 is 5.32 Å². The average Bonchev–Trinajstić information content (AvgIpc) is 3.17. The maximum absolute atomic E-state index is 13.2. The van der Waals surface area contributed by atoms with E-state index in [0.29, 0.717) is 22.9 Å². The molecule has 0 aliphatic heterocycles. The first-order valence-electron chi connectivity index (χ1n) is 9.00. The van der Waals surface area contributed by atoms with Crippen molar-refractivity contribution in [1.82, 2.24) is 25.1 Å². The van der Waals surface area contributed by atoms with Crippen LogP contribution in [0.1, 0.15) is 11.1 Å². The lowest BCUT2D eigenvalue weighted by Gasteiger charge is -2.06. The van der Waals surface area contributed by atoms with E-state index >= 15 is 0 Å². The SMILES string of the molecule is Cc1ccc(CNC(=O)CSc2ncnc3c2cnn3-c2ccc(F)cc2)cc1. The Balaban J connectivity index is 1.43. The molecular weight excluding hydrogens is 389 g/mol. The summed E-state index contributed by atoms with van der Waals surface area (Å²) in [5, 5.41) is 8.68. The second kappa shape index (κ2) is 8.40. The molecule has 4 aromatic rings. The maximum atomic E-state index is 13.2. The van der Waals surface area contributed by atoms with Gasteiger partial charge in [0.15, 0.2) is 5.65 Å². The van der Waals surface area contributed by atoms with Crippen LogP contribution in [0.25, 0.3) is 16.7 Å². The number of amides is 1. The molecule has 0 unspecified atom stereocenters. The number of carbonyl (C=O) groups is 1. The third kappa shape index (κ3) is 4.43. The van der Waals surface area contributed by atoms with Gasteiger partial charge in [-0.3, -0.25) is 4.79 Å². The predicted molar refractivity (Wildman–Crippen MR) is 110 cm³/mol. The van der Waals surface area contributed by atoms with Crippen molar-refractivity contribution in [3.8, 4) is 5.69 Å². The van der Waals surface area contributed by atoms with E-state index in [1.807, 2.05) is 31.2 Å². The lowest BCUT2D eigenvalue weighted by Crippen LogP contribution is -2.24. The summed E-state index contributed by atoms with van der Waals surface area (Å²) in [5.74, 6) is -0.152. The zero-order valence-electron chi connectivity index (χ0n) is 15.7. The standard InChI is InChI=1S/C21H18FN5OS/c1-14-2-4-15(5-3-14)10-23-19(28)12-29-21-18-11-26-27(20(18)24-13-25-21)17-8-6-16(22)7-9-17/h2-9,11,13H,10,12H2,1H3,(H,23,28). The van der Waals surface area contributed by atoms with E-state index in [1.165, 1.54) is 35.8 Å². The van der Waals surface area contributed by atoms with Crippen molar-refractivity contribution < 1.29 is 9.18 Å². The molecule has 4 rings (SSSR count). The number of aryl methyl sites for hydroxylation is 1. The van der Waals surface area contributed by atoms with Gasteiger partial charge in [0.2, 0.25) is 5.91 Å². The molecule has 2 aromatic carbocycles. The summed E-state index contributed by atoms with van der Waals surface area (Å²) in [5.41, 5.74) is 3.55. The highest BCUT2D eigenvalue weighted by Gasteiger charge is 2.13. The number of nitrogens with zero attached hydrogens (tertiary/aromatic N) is 4. The monoisotopic (exact) mass is 407 g/mol. The summed E-state index contributed by atoms with van der Waals surface area (Å²) in [6.07, 6.45) is 3.10. The van der Waals surface area contributed by atoms with Crippen molar-refractivity contribution in [2.75, 3.05) is 5.75 Å². The molecule has 1 amide bonds. The minimum Gasteiger partial charge on any atom is -0.351 e. The summed E-state index contributed by atoms with van der Waals surface area (Å²) >= 11 is 1.33. The van der Waals surface area contributed by atoms with Crippen LogP contribution in [-0.4, -0.2) is 31.4 Å². The molecule has 0 saturated heterocycles. The Labute approximate surface area is 171 Å². The van der Waals surface area contributed by atoms with Crippen LogP contribution in [0.4, 0.5) is 4.39 Å². The van der Waals surface area contributed by atoms with Crippen LogP contribution < -0.4 is 5.32 Å². The van der Waals surface area contributed by atoms with Gasteiger partial charge in [-0.25, -0.2) is 19.0 Å². The molecule has 0 saturated carbocycles. The van der Waals surface area contributed by atoms with Gasteiger partial charge in [0.25, 0.3) is 0 Å². The fourth-order valence-electron chi connectivity index (χ4n) is 2.80. The topological polar surface area (TPSA) is 72.7 Å². The largest absolute Gasteiger partial charge is 0.351 e. The average molecular weight is 407 g/mol. The Bertz CT molecular complexity index is 1140. The van der Waals surface area contributed by atoms with Crippen LogP contribution >= 0.6 is 11.8 Å². The Hall–Kier alpha value is -3.26. The van der Waals surface area contributed by atoms with Gasteiger partial charge in [0.05, 0.1) is 23.0 Å². The van der Waals surface area contributed by atoms with E-state index in [9.17, 15) is 9.18 Å². The molecule has 2 heterocycles. The minimum atomic E-state index is -0.312. The first-order valence-corrected chi connectivity index (χ1v) is 9.98. The molecule has 0 spiro atoms. The van der Waals surface area contributed by atoms with Crippen molar-refractivity contribution >= 4 is 28.7 Å². The second-order valence-corrected chi connectivity index (χ2v) is 7.46. The molecular formula is C21H18FN5OS. The fourth-order valence-corrected chi connectivity index (χ4v) is 3.59. The van der Waals surface area contributed by atoms with Crippen molar-refractivity contribution in [2.45, 2.75) is 18.5 Å². The van der Waals surface area contributed by atoms with Crippen LogP contribution in [0.5, 0.6) is 0 Å². The molecule has 0 aliphatic carbocycles. The molecule has 8 heteroatoms. The number of thioether (sulfide) groups is 1. The first-order chi connectivity index (χ1) is 14.1. The highest BCUT2D eigenvalue weighted by Crippen LogP contribution is 2.25. The fraction of sp³-hybridized carbons (Fsp3) is 0.143. The normalized spacial score (nSPS) is 11.0. The van der Waals surface area contributed by atoms with Crippen LogP contribution in [0, 0.1) is 12.7 Å². The van der Waals surface area contributed by atoms with Gasteiger partial charge >= 0.3 is 0 Å². The zero-order valence-corrected chi connectivity index (χ0v) is 16.5. The summed E-state index contributed by atoms with van der Waals surface area (Å²) in [7, 11) is 0. The molecule has 0 aliphatic rings. The number of rotatable bonds is 6. The van der Waals surface area contributed by atoms with Crippen LogP contribution in [0.2, 0.25) is 0 Å². The summed E-state index contributed by atoms with van der Waals surface area (Å²) in [6, 6.07) is 14.1. The van der Waals surface area contributed by atoms with Crippen molar-refractivity contribution in [2.24, 2.45) is 0 Å². The van der Waals surface area contributed by atoms with Gasteiger partial charge in [-0.15, -0.1) is 0 Å².